The molecule has 0 heterocycles. The number of benzene rings is 2. The third kappa shape index (κ3) is 2.47. The molecule has 0 spiro atoms. The van der Waals surface area contributed by atoms with Crippen molar-refractivity contribution in [3.8, 4) is 11.5 Å². The van der Waals surface area contributed by atoms with Crippen molar-refractivity contribution < 1.29 is 9.47 Å². The summed E-state index contributed by atoms with van der Waals surface area (Å²) in [6, 6.07) is 17.1. The van der Waals surface area contributed by atoms with Crippen LogP contribution in [0.25, 0.3) is 0 Å². The van der Waals surface area contributed by atoms with E-state index in [0.29, 0.717) is 23.7 Å². The molecule has 0 unspecified atom stereocenters. The van der Waals surface area contributed by atoms with Gasteiger partial charge in [-0.05, 0) is 59.1 Å². The Balaban J connectivity index is 1.88. The van der Waals surface area contributed by atoms with Crippen LogP contribution in [-0.4, -0.2) is 14.2 Å². The zero-order valence-corrected chi connectivity index (χ0v) is 13.7. The van der Waals surface area contributed by atoms with Crippen molar-refractivity contribution in [3.63, 3.8) is 0 Å². The first-order valence-corrected chi connectivity index (χ1v) is 7.93. The summed E-state index contributed by atoms with van der Waals surface area (Å²) in [5.41, 5.74) is 2.82. The lowest BCUT2D eigenvalue weighted by atomic mass is 9.54. The van der Waals surface area contributed by atoms with Gasteiger partial charge in [0.05, 0.1) is 14.2 Å². The largest absolute Gasteiger partial charge is 0.497 e. The van der Waals surface area contributed by atoms with Crippen molar-refractivity contribution in [2.75, 3.05) is 14.2 Å². The lowest BCUT2D eigenvalue weighted by Gasteiger charge is -2.50. The first-order valence-electron chi connectivity index (χ1n) is 7.93. The molecule has 0 N–H and O–H groups in total. The monoisotopic (exact) mass is 296 g/mol. The summed E-state index contributed by atoms with van der Waals surface area (Å²) in [5.74, 6) is 4.39. The Bertz CT molecular complexity index is 558. The van der Waals surface area contributed by atoms with Crippen molar-refractivity contribution in [2.45, 2.75) is 25.7 Å². The highest BCUT2D eigenvalue weighted by Crippen LogP contribution is 2.57. The Morgan fingerprint density at radius 3 is 1.18 bits per heavy atom. The molecule has 0 radical (unpaired) electrons. The number of hydrogen-bond donors (Lipinski definition) is 0. The van der Waals surface area contributed by atoms with Gasteiger partial charge >= 0.3 is 0 Å². The van der Waals surface area contributed by atoms with Gasteiger partial charge in [-0.3, -0.25) is 0 Å². The first-order chi connectivity index (χ1) is 10.7. The number of ether oxygens (including phenoxy) is 2. The smallest absolute Gasteiger partial charge is 0.118 e. The molecular formula is C20H24O2. The molecule has 2 aromatic rings. The molecule has 2 heteroatoms. The van der Waals surface area contributed by atoms with E-state index in [1.165, 1.54) is 11.1 Å². The summed E-state index contributed by atoms with van der Waals surface area (Å²) in [6.07, 6.45) is 0. The van der Waals surface area contributed by atoms with Gasteiger partial charge in [-0.15, -0.1) is 0 Å². The van der Waals surface area contributed by atoms with Crippen molar-refractivity contribution in [2.24, 2.45) is 11.8 Å². The van der Waals surface area contributed by atoms with E-state index in [-0.39, 0.29) is 0 Å². The molecule has 1 saturated carbocycles. The van der Waals surface area contributed by atoms with Crippen molar-refractivity contribution in [3.05, 3.63) is 59.7 Å². The lowest BCUT2D eigenvalue weighted by Crippen LogP contribution is -2.39. The fourth-order valence-corrected chi connectivity index (χ4v) is 3.84. The maximum atomic E-state index is 5.27. The van der Waals surface area contributed by atoms with Crippen LogP contribution in [0.2, 0.25) is 0 Å². The van der Waals surface area contributed by atoms with Crippen LogP contribution >= 0.6 is 0 Å². The molecule has 1 aliphatic carbocycles. The molecular weight excluding hydrogens is 272 g/mol. The minimum absolute atomic E-state index is 0.578. The average molecular weight is 296 g/mol. The van der Waals surface area contributed by atoms with Gasteiger partial charge in [-0.25, -0.2) is 0 Å². The van der Waals surface area contributed by atoms with Gasteiger partial charge < -0.3 is 9.47 Å². The van der Waals surface area contributed by atoms with Crippen molar-refractivity contribution in [1.82, 2.24) is 0 Å². The Morgan fingerprint density at radius 1 is 0.591 bits per heavy atom. The number of hydrogen-bond acceptors (Lipinski definition) is 2. The van der Waals surface area contributed by atoms with Gasteiger partial charge in [0, 0.05) is 0 Å². The van der Waals surface area contributed by atoms with Gasteiger partial charge in [0.25, 0.3) is 0 Å². The Hall–Kier alpha value is -1.96. The van der Waals surface area contributed by atoms with Crippen LogP contribution in [0.3, 0.4) is 0 Å². The van der Waals surface area contributed by atoms with Crippen LogP contribution in [0.1, 0.15) is 36.8 Å². The zero-order chi connectivity index (χ0) is 15.7. The minimum Gasteiger partial charge on any atom is -0.497 e. The van der Waals surface area contributed by atoms with Gasteiger partial charge in [-0.2, -0.15) is 0 Å². The maximum Gasteiger partial charge on any atom is 0.118 e. The summed E-state index contributed by atoms with van der Waals surface area (Å²) in [6.45, 7) is 4.72. The van der Waals surface area contributed by atoms with Gasteiger partial charge in [-0.1, -0.05) is 38.1 Å². The van der Waals surface area contributed by atoms with Crippen LogP contribution in [0.15, 0.2) is 48.5 Å². The van der Waals surface area contributed by atoms with E-state index >= 15 is 0 Å². The second kappa shape index (κ2) is 6.04. The summed E-state index contributed by atoms with van der Waals surface area (Å²) in [5, 5.41) is 0. The van der Waals surface area contributed by atoms with Gasteiger partial charge in [0.2, 0.25) is 0 Å². The fourth-order valence-electron chi connectivity index (χ4n) is 3.84. The van der Waals surface area contributed by atoms with Crippen molar-refractivity contribution >= 4 is 0 Å². The minimum atomic E-state index is 0.578. The number of rotatable bonds is 4. The molecule has 0 bridgehead atoms. The standard InChI is InChI=1S/C20H24O2/c1-13-14(2)20(16-7-11-18(22-4)12-8-16)19(13)15-5-9-17(21-3)10-6-15/h5-14,19-20H,1-4H3/t13-,14-,19-,20-/m0/s1. The predicted molar refractivity (Wildman–Crippen MR) is 89.8 cm³/mol. The third-order valence-electron chi connectivity index (χ3n) is 5.35. The highest BCUT2D eigenvalue weighted by molar-refractivity contribution is 5.39. The SMILES string of the molecule is COc1ccc([C@@H]2[C@@H](C)[C@H](C)[C@H]2c2ccc(OC)cc2)cc1. The molecule has 22 heavy (non-hydrogen) atoms. The molecule has 4 atom stereocenters. The zero-order valence-electron chi connectivity index (χ0n) is 13.7. The predicted octanol–water partition coefficient (Wildman–Crippen LogP) is 4.86. The second-order valence-electron chi connectivity index (χ2n) is 6.32. The lowest BCUT2D eigenvalue weighted by molar-refractivity contribution is 0.122. The van der Waals surface area contributed by atoms with E-state index in [0.717, 1.165) is 11.5 Å². The first kappa shape index (κ1) is 15.0. The fraction of sp³-hybridized carbons (Fsp3) is 0.400. The van der Waals surface area contributed by atoms with E-state index in [4.69, 9.17) is 9.47 Å². The van der Waals surface area contributed by atoms with E-state index < -0.39 is 0 Å². The summed E-state index contributed by atoms with van der Waals surface area (Å²) in [4.78, 5) is 0. The van der Waals surface area contributed by atoms with Crippen LogP contribution in [0, 0.1) is 11.8 Å². The molecule has 0 aliphatic heterocycles. The summed E-state index contributed by atoms with van der Waals surface area (Å²) in [7, 11) is 3.42. The maximum absolute atomic E-state index is 5.27. The molecule has 0 amide bonds. The highest BCUT2D eigenvalue weighted by Gasteiger charge is 2.46. The van der Waals surface area contributed by atoms with Crippen LogP contribution in [0.4, 0.5) is 0 Å². The van der Waals surface area contributed by atoms with Gasteiger partial charge in [0.15, 0.2) is 0 Å². The normalized spacial score (nSPS) is 27.1. The molecule has 2 nitrogen and oxygen atoms in total. The molecule has 116 valence electrons. The quantitative estimate of drug-likeness (QED) is 0.802. The summed E-state index contributed by atoms with van der Waals surface area (Å²) >= 11 is 0. The molecule has 2 aromatic carbocycles. The van der Waals surface area contributed by atoms with Crippen LogP contribution < -0.4 is 9.47 Å². The molecule has 3 rings (SSSR count). The average Bonchev–Trinajstić information content (AvgIpc) is 2.59. The van der Waals surface area contributed by atoms with Gasteiger partial charge in [0.1, 0.15) is 11.5 Å². The number of methoxy groups -OCH3 is 2. The Labute approximate surface area is 133 Å². The highest BCUT2D eigenvalue weighted by atomic mass is 16.5. The second-order valence-corrected chi connectivity index (χ2v) is 6.32. The van der Waals surface area contributed by atoms with E-state index in [2.05, 4.69) is 62.4 Å². The molecule has 1 fully saturated rings. The van der Waals surface area contributed by atoms with E-state index in [9.17, 15) is 0 Å². The Kier molecular flexibility index (Phi) is 4.10. The van der Waals surface area contributed by atoms with Crippen LogP contribution in [0.5, 0.6) is 11.5 Å². The Morgan fingerprint density at radius 2 is 0.909 bits per heavy atom. The molecule has 1 aliphatic rings. The van der Waals surface area contributed by atoms with E-state index in [1.54, 1.807) is 14.2 Å². The van der Waals surface area contributed by atoms with E-state index in [1.807, 2.05) is 0 Å². The third-order valence-corrected chi connectivity index (χ3v) is 5.35. The molecule has 0 saturated heterocycles. The van der Waals surface area contributed by atoms with Crippen LogP contribution in [-0.2, 0) is 0 Å². The molecule has 0 aromatic heterocycles. The summed E-state index contributed by atoms with van der Waals surface area (Å²) < 4.78 is 10.5. The van der Waals surface area contributed by atoms with Crippen molar-refractivity contribution in [1.29, 1.82) is 0 Å². The topological polar surface area (TPSA) is 18.5 Å².